The number of imide groups is 1. The zero-order valence-corrected chi connectivity index (χ0v) is 18.6. The molecule has 1 aliphatic rings. The van der Waals surface area contributed by atoms with Crippen LogP contribution in [0.3, 0.4) is 0 Å². The van der Waals surface area contributed by atoms with E-state index in [-0.39, 0.29) is 16.2 Å². The van der Waals surface area contributed by atoms with Crippen molar-refractivity contribution in [2.24, 2.45) is 0 Å². The number of carbonyl (C=O) groups excluding carboxylic acids is 3. The van der Waals surface area contributed by atoms with E-state index in [1.165, 1.54) is 19.3 Å². The van der Waals surface area contributed by atoms with Gasteiger partial charge in [-0.15, -0.1) is 0 Å². The first-order chi connectivity index (χ1) is 16.4. The molecule has 0 unspecified atom stereocenters. The van der Waals surface area contributed by atoms with E-state index >= 15 is 0 Å². The molecule has 2 N–H and O–H groups in total. The maximum absolute atomic E-state index is 12.7. The maximum Gasteiger partial charge on any atom is 0.336 e. The number of methoxy groups -OCH3 is 1. The number of nitrogens with zero attached hydrogens (tertiary/aromatic N) is 1. The number of carboxylic acid groups (broad SMARTS) is 1. The molecule has 9 nitrogen and oxygen atoms in total. The second kappa shape index (κ2) is 9.67. The molecule has 34 heavy (non-hydrogen) atoms. The molecule has 0 atom stereocenters. The summed E-state index contributed by atoms with van der Waals surface area (Å²) in [5.74, 6) is -1.27. The second-order valence-corrected chi connectivity index (χ2v) is 8.06. The fraction of sp³-hybridized carbons (Fsp3) is 0.0833. The molecule has 0 spiro atoms. The highest BCUT2D eigenvalue weighted by Crippen LogP contribution is 2.34. The van der Waals surface area contributed by atoms with Gasteiger partial charge in [0, 0.05) is 11.6 Å². The third-order valence-electron chi connectivity index (χ3n) is 4.88. The van der Waals surface area contributed by atoms with Crippen LogP contribution in [0, 0.1) is 0 Å². The van der Waals surface area contributed by atoms with Crippen LogP contribution in [0.4, 0.5) is 10.5 Å². The number of para-hydroxylation sites is 2. The van der Waals surface area contributed by atoms with Gasteiger partial charge in [0.2, 0.25) is 5.91 Å². The lowest BCUT2D eigenvalue weighted by molar-refractivity contribution is -0.127. The lowest BCUT2D eigenvalue weighted by Crippen LogP contribution is -2.36. The Morgan fingerprint density at radius 3 is 2.59 bits per heavy atom. The Morgan fingerprint density at radius 1 is 1.09 bits per heavy atom. The van der Waals surface area contributed by atoms with E-state index in [4.69, 9.17) is 9.15 Å². The van der Waals surface area contributed by atoms with Crippen molar-refractivity contribution >= 4 is 46.5 Å². The molecule has 0 radical (unpaired) electrons. The molecule has 2 heterocycles. The Morgan fingerprint density at radius 2 is 1.82 bits per heavy atom. The average molecular weight is 478 g/mol. The van der Waals surface area contributed by atoms with E-state index in [1.54, 1.807) is 54.6 Å². The molecule has 2 aromatic carbocycles. The Kier molecular flexibility index (Phi) is 6.51. The summed E-state index contributed by atoms with van der Waals surface area (Å²) >= 11 is 0.685. The SMILES string of the molecule is COc1ccccc1NC(=O)CN1C(=O)S/C(=C\c2ccc(-c3ccccc3C(=O)O)o2)C1=O. The number of ether oxygens (including phenoxy) is 1. The normalized spacial score (nSPS) is 14.5. The molecule has 1 aromatic heterocycles. The van der Waals surface area contributed by atoms with Crippen molar-refractivity contribution in [2.45, 2.75) is 0 Å². The van der Waals surface area contributed by atoms with Crippen LogP contribution in [0.2, 0.25) is 0 Å². The Bertz CT molecular complexity index is 1330. The van der Waals surface area contributed by atoms with Gasteiger partial charge in [-0.2, -0.15) is 0 Å². The summed E-state index contributed by atoms with van der Waals surface area (Å²) in [6.45, 7) is -0.463. The van der Waals surface area contributed by atoms with Crippen LogP contribution in [0.5, 0.6) is 5.75 Å². The van der Waals surface area contributed by atoms with E-state index in [0.717, 1.165) is 4.90 Å². The van der Waals surface area contributed by atoms with E-state index < -0.39 is 29.6 Å². The van der Waals surface area contributed by atoms with Crippen molar-refractivity contribution in [1.29, 1.82) is 0 Å². The molecule has 0 aliphatic carbocycles. The average Bonchev–Trinajstić information content (AvgIpc) is 3.39. The molecule has 10 heteroatoms. The van der Waals surface area contributed by atoms with Gasteiger partial charge >= 0.3 is 5.97 Å². The Balaban J connectivity index is 1.48. The highest BCUT2D eigenvalue weighted by atomic mass is 32.2. The van der Waals surface area contributed by atoms with Crippen LogP contribution < -0.4 is 10.1 Å². The predicted octanol–water partition coefficient (Wildman–Crippen LogP) is 4.33. The number of amides is 3. The van der Waals surface area contributed by atoms with Gasteiger partial charge in [-0.05, 0) is 42.1 Å². The minimum Gasteiger partial charge on any atom is -0.495 e. The highest BCUT2D eigenvalue weighted by molar-refractivity contribution is 8.18. The molecule has 3 amide bonds. The molecule has 1 saturated heterocycles. The summed E-state index contributed by atoms with van der Waals surface area (Å²) in [5, 5.41) is 11.4. The number of anilines is 1. The molecule has 172 valence electrons. The van der Waals surface area contributed by atoms with E-state index in [0.29, 0.717) is 34.5 Å². The molecule has 1 aliphatic heterocycles. The lowest BCUT2D eigenvalue weighted by atomic mass is 10.1. The van der Waals surface area contributed by atoms with Crippen molar-refractivity contribution in [3.63, 3.8) is 0 Å². The maximum atomic E-state index is 12.7. The zero-order chi connectivity index (χ0) is 24.2. The number of thioether (sulfide) groups is 1. The molecular weight excluding hydrogens is 460 g/mol. The number of carboxylic acids is 1. The molecule has 4 rings (SSSR count). The number of hydrogen-bond acceptors (Lipinski definition) is 7. The van der Waals surface area contributed by atoms with E-state index in [2.05, 4.69) is 5.32 Å². The topological polar surface area (TPSA) is 126 Å². The molecule has 1 fully saturated rings. The molecule has 0 saturated carbocycles. The molecule has 3 aromatic rings. The number of nitrogens with one attached hydrogen (secondary N) is 1. The fourth-order valence-corrected chi connectivity index (χ4v) is 4.12. The number of hydrogen-bond donors (Lipinski definition) is 2. The van der Waals surface area contributed by atoms with Crippen molar-refractivity contribution in [2.75, 3.05) is 19.0 Å². The summed E-state index contributed by atoms with van der Waals surface area (Å²) in [5.41, 5.74) is 0.878. The Hall–Kier alpha value is -4.31. The quantitative estimate of drug-likeness (QED) is 0.481. The van der Waals surface area contributed by atoms with Crippen LogP contribution in [-0.4, -0.2) is 46.7 Å². The number of aromatic carboxylic acids is 1. The number of carbonyl (C=O) groups is 4. The molecule has 0 bridgehead atoms. The Labute approximate surface area is 198 Å². The van der Waals surface area contributed by atoms with Crippen molar-refractivity contribution in [3.05, 3.63) is 76.9 Å². The highest BCUT2D eigenvalue weighted by Gasteiger charge is 2.36. The third kappa shape index (κ3) is 4.71. The van der Waals surface area contributed by atoms with Gasteiger partial charge in [0.15, 0.2) is 0 Å². The fourth-order valence-electron chi connectivity index (χ4n) is 3.31. The monoisotopic (exact) mass is 478 g/mol. The zero-order valence-electron chi connectivity index (χ0n) is 17.8. The van der Waals surface area contributed by atoms with Gasteiger partial charge in [-0.25, -0.2) is 4.79 Å². The van der Waals surface area contributed by atoms with Crippen LogP contribution in [0.15, 0.2) is 70.0 Å². The van der Waals surface area contributed by atoms with Crippen LogP contribution >= 0.6 is 11.8 Å². The number of rotatable bonds is 7. The smallest absolute Gasteiger partial charge is 0.336 e. The van der Waals surface area contributed by atoms with Gasteiger partial charge < -0.3 is 19.6 Å². The number of furan rings is 1. The van der Waals surface area contributed by atoms with Crippen molar-refractivity contribution < 1.29 is 33.4 Å². The summed E-state index contributed by atoms with van der Waals surface area (Å²) < 4.78 is 10.9. The third-order valence-corrected chi connectivity index (χ3v) is 5.79. The summed E-state index contributed by atoms with van der Waals surface area (Å²) in [4.78, 5) is 49.9. The molecular formula is C24H18N2O7S. The van der Waals surface area contributed by atoms with E-state index in [9.17, 15) is 24.3 Å². The minimum absolute atomic E-state index is 0.0739. The van der Waals surface area contributed by atoms with Gasteiger partial charge in [0.25, 0.3) is 11.1 Å². The first-order valence-electron chi connectivity index (χ1n) is 9.98. The lowest BCUT2D eigenvalue weighted by Gasteiger charge is -2.14. The van der Waals surface area contributed by atoms with Crippen LogP contribution in [-0.2, 0) is 9.59 Å². The first-order valence-corrected chi connectivity index (χ1v) is 10.8. The van der Waals surface area contributed by atoms with Crippen molar-refractivity contribution in [1.82, 2.24) is 4.90 Å². The van der Waals surface area contributed by atoms with Gasteiger partial charge in [-0.1, -0.05) is 30.3 Å². The largest absolute Gasteiger partial charge is 0.495 e. The van der Waals surface area contributed by atoms with Crippen molar-refractivity contribution in [3.8, 4) is 17.1 Å². The standard InChI is InChI=1S/C24H18N2O7S/c1-32-19-9-5-4-8-17(19)25-21(27)13-26-22(28)20(34-24(26)31)12-14-10-11-18(33-14)15-6-2-3-7-16(15)23(29)30/h2-12H,13H2,1H3,(H,25,27)(H,29,30)/b20-12-. The number of benzene rings is 2. The second-order valence-electron chi connectivity index (χ2n) is 7.07. The van der Waals surface area contributed by atoms with Crippen LogP contribution in [0.1, 0.15) is 16.1 Å². The summed E-state index contributed by atoms with van der Waals surface area (Å²) in [7, 11) is 1.46. The summed E-state index contributed by atoms with van der Waals surface area (Å²) in [6, 6.07) is 16.3. The van der Waals surface area contributed by atoms with Gasteiger partial charge in [0.05, 0.1) is 23.3 Å². The summed E-state index contributed by atoms with van der Waals surface area (Å²) in [6.07, 6.45) is 1.38. The van der Waals surface area contributed by atoms with Crippen LogP contribution in [0.25, 0.3) is 17.4 Å². The first kappa shape index (κ1) is 22.9. The van der Waals surface area contributed by atoms with Gasteiger partial charge in [-0.3, -0.25) is 19.3 Å². The predicted molar refractivity (Wildman–Crippen MR) is 125 cm³/mol. The minimum atomic E-state index is -1.10. The van der Waals surface area contributed by atoms with E-state index in [1.807, 2.05) is 0 Å². The van der Waals surface area contributed by atoms with Gasteiger partial charge in [0.1, 0.15) is 23.8 Å².